The van der Waals surface area contributed by atoms with Gasteiger partial charge in [-0.1, -0.05) is 190 Å². The number of aliphatic imine (C=N–C) groups is 1. The fourth-order valence-electron chi connectivity index (χ4n) is 10.1. The Kier molecular flexibility index (Phi) is 7.33. The van der Waals surface area contributed by atoms with Crippen LogP contribution in [0.15, 0.2) is 193 Å². The van der Waals surface area contributed by atoms with Crippen LogP contribution in [0.2, 0.25) is 0 Å². The first-order valence-electron chi connectivity index (χ1n) is 19.7. The van der Waals surface area contributed by atoms with Gasteiger partial charge >= 0.3 is 0 Å². The summed E-state index contributed by atoms with van der Waals surface area (Å²) in [5.74, 6) is 0.878. The van der Waals surface area contributed by atoms with Crippen LogP contribution in [-0.2, 0) is 10.8 Å². The number of nitrogens with zero attached hydrogens (tertiary/aromatic N) is 1. The average Bonchev–Trinajstić information content (AvgIpc) is 3.69. The first-order valence-corrected chi connectivity index (χ1v) is 19.7. The molecule has 2 aliphatic carbocycles. The van der Waals surface area contributed by atoms with Crippen molar-refractivity contribution >= 4 is 16.6 Å². The van der Waals surface area contributed by atoms with Crippen LogP contribution in [0.25, 0.3) is 33.0 Å². The lowest BCUT2D eigenvalue weighted by atomic mass is 9.67. The van der Waals surface area contributed by atoms with Gasteiger partial charge in [-0.05, 0) is 84.1 Å². The molecule has 0 radical (unpaired) electrons. The average molecular weight is 720 g/mol. The van der Waals surface area contributed by atoms with Crippen LogP contribution in [0.4, 0.5) is 0 Å². The zero-order valence-electron chi connectivity index (χ0n) is 31.5. The summed E-state index contributed by atoms with van der Waals surface area (Å²) in [5, 5.41) is 10.5. The molecule has 1 heterocycles. The molecule has 11 rings (SSSR count). The fraction of sp³-hybridized carbons (Fsp3) is 0.113. The van der Waals surface area contributed by atoms with E-state index in [0.29, 0.717) is 0 Å². The number of fused-ring (bicyclic) bond motifs is 7. The summed E-state index contributed by atoms with van der Waals surface area (Å²) < 4.78 is 0. The molecule has 1 aliphatic heterocycles. The van der Waals surface area contributed by atoms with Crippen LogP contribution < -0.4 is 10.6 Å². The SMILES string of the molecule is CC1(C)c2ccccc2-c2c1cc1ccccc1c2C1NC(c2ccc3c(c2)C(c2ccccc2)(c2ccccc2)c2ccccc2-3)=NC(c2ccccc2)N1. The van der Waals surface area contributed by atoms with Crippen LogP contribution in [0.1, 0.15) is 76.3 Å². The minimum Gasteiger partial charge on any atom is -0.350 e. The molecule has 0 aromatic heterocycles. The Morgan fingerprint density at radius 1 is 0.500 bits per heavy atom. The number of hydrogen-bond acceptors (Lipinski definition) is 3. The third kappa shape index (κ3) is 4.71. The highest BCUT2D eigenvalue weighted by molar-refractivity contribution is 6.03. The first-order chi connectivity index (χ1) is 27.5. The lowest BCUT2D eigenvalue weighted by Crippen LogP contribution is -2.45. The monoisotopic (exact) mass is 719 g/mol. The molecule has 3 heteroatoms. The van der Waals surface area contributed by atoms with Crippen molar-refractivity contribution in [3.8, 4) is 22.3 Å². The Bertz CT molecular complexity index is 2800. The normalized spacial score (nSPS) is 18.3. The van der Waals surface area contributed by atoms with Gasteiger partial charge in [0.25, 0.3) is 0 Å². The predicted molar refractivity (Wildman–Crippen MR) is 230 cm³/mol. The Morgan fingerprint density at radius 3 is 1.82 bits per heavy atom. The minimum atomic E-state index is -0.498. The highest BCUT2D eigenvalue weighted by Gasteiger charge is 2.46. The molecule has 268 valence electrons. The number of amidine groups is 1. The van der Waals surface area contributed by atoms with Crippen LogP contribution in [0, 0.1) is 0 Å². The summed E-state index contributed by atoms with van der Waals surface area (Å²) >= 11 is 0. The number of hydrogen-bond donors (Lipinski definition) is 2. The summed E-state index contributed by atoms with van der Waals surface area (Å²) in [6.45, 7) is 4.73. The quantitative estimate of drug-likeness (QED) is 0.186. The molecule has 0 spiro atoms. The van der Waals surface area contributed by atoms with E-state index in [2.05, 4.69) is 213 Å². The molecule has 2 atom stereocenters. The van der Waals surface area contributed by atoms with Crippen LogP contribution in [0.5, 0.6) is 0 Å². The summed E-state index contributed by atoms with van der Waals surface area (Å²) in [6, 6.07) is 68.9. The highest BCUT2D eigenvalue weighted by atomic mass is 15.3. The second-order valence-electron chi connectivity index (χ2n) is 15.9. The van der Waals surface area contributed by atoms with E-state index in [1.165, 1.54) is 72.0 Å². The number of nitrogens with one attached hydrogen (secondary N) is 2. The van der Waals surface area contributed by atoms with Gasteiger partial charge in [0.15, 0.2) is 0 Å². The Labute approximate surface area is 328 Å². The smallest absolute Gasteiger partial charge is 0.131 e. The van der Waals surface area contributed by atoms with Gasteiger partial charge in [-0.25, -0.2) is 4.99 Å². The largest absolute Gasteiger partial charge is 0.350 e. The van der Waals surface area contributed by atoms with Gasteiger partial charge in [0.1, 0.15) is 18.2 Å². The molecular formula is C53H41N3. The lowest BCUT2D eigenvalue weighted by Gasteiger charge is -2.35. The topological polar surface area (TPSA) is 36.4 Å². The van der Waals surface area contributed by atoms with Gasteiger partial charge in [-0.3, -0.25) is 5.32 Å². The zero-order valence-corrected chi connectivity index (χ0v) is 31.5. The van der Waals surface area contributed by atoms with E-state index in [0.717, 1.165) is 17.0 Å². The summed E-state index contributed by atoms with van der Waals surface area (Å²) in [5.41, 5.74) is 15.8. The van der Waals surface area contributed by atoms with Gasteiger partial charge in [-0.2, -0.15) is 0 Å². The van der Waals surface area contributed by atoms with Crippen molar-refractivity contribution in [1.82, 2.24) is 10.6 Å². The standard InChI is InChI=1S/C53H41N3/c1-52(2)43-28-16-15-27-42(43)47-46(52)32-35-20-12-13-25-39(35)48(47)51-55-49(34-18-6-3-7-19-34)54-50(56-51)36-30-31-41-40-26-14-17-29-44(40)53(45(41)33-36,37-21-8-4-9-22-37)38-23-10-5-11-24-38/h3-33,49,51,55H,1-2H3,(H,54,56). The van der Waals surface area contributed by atoms with Crippen molar-refractivity contribution < 1.29 is 0 Å². The molecule has 8 aromatic rings. The number of rotatable bonds is 5. The Balaban J connectivity index is 1.14. The molecule has 3 nitrogen and oxygen atoms in total. The van der Waals surface area contributed by atoms with Gasteiger partial charge in [0.2, 0.25) is 0 Å². The van der Waals surface area contributed by atoms with Crippen molar-refractivity contribution in [2.75, 3.05) is 0 Å². The molecule has 0 amide bonds. The maximum absolute atomic E-state index is 5.51. The van der Waals surface area contributed by atoms with E-state index in [-0.39, 0.29) is 17.7 Å². The number of benzene rings is 8. The van der Waals surface area contributed by atoms with Crippen molar-refractivity contribution in [3.05, 3.63) is 238 Å². The Morgan fingerprint density at radius 2 is 1.09 bits per heavy atom. The molecule has 56 heavy (non-hydrogen) atoms. The molecule has 0 saturated carbocycles. The molecule has 3 aliphatic rings. The maximum atomic E-state index is 5.51. The molecule has 0 bridgehead atoms. The third-order valence-corrected chi connectivity index (χ3v) is 12.6. The zero-order chi connectivity index (χ0) is 37.4. The van der Waals surface area contributed by atoms with Crippen molar-refractivity contribution in [2.24, 2.45) is 4.99 Å². The second-order valence-corrected chi connectivity index (χ2v) is 15.9. The summed E-state index contributed by atoms with van der Waals surface area (Å²) in [6.07, 6.45) is -0.497. The van der Waals surface area contributed by atoms with E-state index < -0.39 is 5.41 Å². The third-order valence-electron chi connectivity index (χ3n) is 12.6. The molecule has 8 aromatic carbocycles. The van der Waals surface area contributed by atoms with E-state index >= 15 is 0 Å². The van der Waals surface area contributed by atoms with Crippen molar-refractivity contribution in [3.63, 3.8) is 0 Å². The van der Waals surface area contributed by atoms with Crippen molar-refractivity contribution in [2.45, 2.75) is 37.0 Å². The molecule has 2 N–H and O–H groups in total. The maximum Gasteiger partial charge on any atom is 0.131 e. The fourth-order valence-corrected chi connectivity index (χ4v) is 10.1. The predicted octanol–water partition coefficient (Wildman–Crippen LogP) is 11.8. The molecule has 0 saturated heterocycles. The van der Waals surface area contributed by atoms with Gasteiger partial charge < -0.3 is 5.32 Å². The molecule has 2 unspecified atom stereocenters. The van der Waals surface area contributed by atoms with Crippen LogP contribution in [0.3, 0.4) is 0 Å². The summed E-state index contributed by atoms with van der Waals surface area (Å²) in [4.78, 5) is 5.51. The van der Waals surface area contributed by atoms with E-state index in [1.807, 2.05) is 0 Å². The lowest BCUT2D eigenvalue weighted by molar-refractivity contribution is 0.411. The summed E-state index contributed by atoms with van der Waals surface area (Å²) in [7, 11) is 0. The highest BCUT2D eigenvalue weighted by Crippen LogP contribution is 2.57. The molecule has 0 fully saturated rings. The van der Waals surface area contributed by atoms with Crippen molar-refractivity contribution in [1.29, 1.82) is 0 Å². The van der Waals surface area contributed by atoms with Gasteiger partial charge in [0, 0.05) is 16.5 Å². The van der Waals surface area contributed by atoms with E-state index in [4.69, 9.17) is 4.99 Å². The van der Waals surface area contributed by atoms with Crippen LogP contribution >= 0.6 is 0 Å². The first kappa shape index (κ1) is 32.8. The molecular weight excluding hydrogens is 679 g/mol. The van der Waals surface area contributed by atoms with Crippen LogP contribution in [-0.4, -0.2) is 5.84 Å². The second kappa shape index (κ2) is 12.5. The van der Waals surface area contributed by atoms with E-state index in [1.54, 1.807) is 0 Å². The van der Waals surface area contributed by atoms with Gasteiger partial charge in [0.05, 0.1) is 5.41 Å². The Hall–Kier alpha value is -6.55. The van der Waals surface area contributed by atoms with Gasteiger partial charge in [-0.15, -0.1) is 0 Å². The minimum absolute atomic E-state index is 0.137. The van der Waals surface area contributed by atoms with E-state index in [9.17, 15) is 0 Å².